The number of hydrogen-bond donors (Lipinski definition) is 0. The molecule has 0 fully saturated rings. The Kier molecular flexibility index (Phi) is 2.23. The largest absolute Gasteiger partial charge is 0.308 e. The van der Waals surface area contributed by atoms with Gasteiger partial charge < -0.3 is 4.90 Å². The molecule has 14 heavy (non-hydrogen) atoms. The molecule has 1 amide bonds. The Morgan fingerprint density at radius 3 is 2.93 bits per heavy atom. The van der Waals surface area contributed by atoms with Crippen LogP contribution in [0.5, 0.6) is 0 Å². The molecule has 1 aliphatic rings. The molecule has 0 unspecified atom stereocenters. The van der Waals surface area contributed by atoms with Crippen molar-refractivity contribution in [1.29, 1.82) is 0 Å². The second kappa shape index (κ2) is 3.40. The van der Waals surface area contributed by atoms with E-state index < -0.39 is 0 Å². The van der Waals surface area contributed by atoms with Gasteiger partial charge >= 0.3 is 0 Å². The molecule has 0 atom stereocenters. The highest BCUT2D eigenvalue weighted by Crippen LogP contribution is 2.27. The maximum atomic E-state index is 11.7. The summed E-state index contributed by atoms with van der Waals surface area (Å²) in [6.07, 6.45) is 3.15. The summed E-state index contributed by atoms with van der Waals surface area (Å²) in [6, 6.07) is 4.07. The number of nitrogens with zero attached hydrogens (tertiary/aromatic N) is 2. The van der Waals surface area contributed by atoms with Gasteiger partial charge in [0.05, 0.1) is 11.4 Å². The second-order valence-corrected chi connectivity index (χ2v) is 3.83. The molecule has 1 aromatic rings. The van der Waals surface area contributed by atoms with E-state index in [1.807, 2.05) is 30.9 Å². The van der Waals surface area contributed by atoms with Crippen molar-refractivity contribution in [1.82, 2.24) is 4.98 Å². The van der Waals surface area contributed by atoms with E-state index in [0.29, 0.717) is 6.42 Å². The summed E-state index contributed by atoms with van der Waals surface area (Å²) in [5, 5.41) is 0. The number of fused-ring (bicyclic) bond motifs is 1. The van der Waals surface area contributed by atoms with Gasteiger partial charge in [0.25, 0.3) is 0 Å². The molecule has 2 rings (SSSR count). The van der Waals surface area contributed by atoms with Crippen molar-refractivity contribution >= 4 is 11.6 Å². The minimum absolute atomic E-state index is 0.209. The Balaban J connectivity index is 2.46. The molecule has 0 saturated heterocycles. The van der Waals surface area contributed by atoms with Crippen LogP contribution in [0.2, 0.25) is 0 Å². The molecule has 0 spiro atoms. The topological polar surface area (TPSA) is 33.2 Å². The predicted molar refractivity (Wildman–Crippen MR) is 55.2 cm³/mol. The van der Waals surface area contributed by atoms with Gasteiger partial charge in [-0.1, -0.05) is 0 Å². The first-order valence-corrected chi connectivity index (χ1v) is 4.96. The maximum absolute atomic E-state index is 11.7. The van der Waals surface area contributed by atoms with Gasteiger partial charge in [0.1, 0.15) is 0 Å². The van der Waals surface area contributed by atoms with Crippen LogP contribution in [0.3, 0.4) is 0 Å². The van der Waals surface area contributed by atoms with Crippen LogP contribution in [0.4, 0.5) is 5.69 Å². The first kappa shape index (κ1) is 9.19. The van der Waals surface area contributed by atoms with Gasteiger partial charge in [-0.3, -0.25) is 9.78 Å². The van der Waals surface area contributed by atoms with Gasteiger partial charge in [0, 0.05) is 25.1 Å². The number of amides is 1. The fourth-order valence-corrected chi connectivity index (χ4v) is 1.89. The minimum atomic E-state index is 0.209. The molecule has 3 nitrogen and oxygen atoms in total. The second-order valence-electron chi connectivity index (χ2n) is 3.83. The fraction of sp³-hybridized carbons (Fsp3) is 0.455. The van der Waals surface area contributed by atoms with Crippen molar-refractivity contribution < 1.29 is 4.79 Å². The molecule has 0 radical (unpaired) electrons. The third-order valence-corrected chi connectivity index (χ3v) is 2.49. The van der Waals surface area contributed by atoms with Crippen LogP contribution in [0.1, 0.15) is 26.0 Å². The molecule has 0 aromatic carbocycles. The highest BCUT2D eigenvalue weighted by Gasteiger charge is 2.26. The zero-order valence-electron chi connectivity index (χ0n) is 8.53. The van der Waals surface area contributed by atoms with E-state index in [4.69, 9.17) is 0 Å². The lowest BCUT2D eigenvalue weighted by atomic mass is 10.1. The average molecular weight is 190 g/mol. The Morgan fingerprint density at radius 2 is 2.21 bits per heavy atom. The van der Waals surface area contributed by atoms with Gasteiger partial charge in [-0.15, -0.1) is 0 Å². The quantitative estimate of drug-likeness (QED) is 0.676. The number of carbonyl (C=O) groups is 1. The van der Waals surface area contributed by atoms with E-state index in [9.17, 15) is 4.79 Å². The van der Waals surface area contributed by atoms with Crippen LogP contribution in [-0.4, -0.2) is 16.9 Å². The lowest BCUT2D eigenvalue weighted by molar-refractivity contribution is -0.119. The van der Waals surface area contributed by atoms with Crippen LogP contribution in [0.25, 0.3) is 0 Å². The highest BCUT2D eigenvalue weighted by atomic mass is 16.2. The molecular weight excluding hydrogens is 176 g/mol. The van der Waals surface area contributed by atoms with Crippen LogP contribution in [0, 0.1) is 0 Å². The van der Waals surface area contributed by atoms with Crippen LogP contribution in [0.15, 0.2) is 18.3 Å². The molecule has 0 aliphatic carbocycles. The van der Waals surface area contributed by atoms with Crippen LogP contribution >= 0.6 is 0 Å². The molecule has 0 N–H and O–H groups in total. The highest BCUT2D eigenvalue weighted by molar-refractivity contribution is 5.96. The summed E-state index contributed by atoms with van der Waals surface area (Å²) < 4.78 is 0. The number of carbonyl (C=O) groups excluding carboxylic acids is 1. The Bertz CT molecular complexity index is 360. The summed E-state index contributed by atoms with van der Waals surface area (Å²) in [5.41, 5.74) is 2.03. The van der Waals surface area contributed by atoms with Crippen molar-refractivity contribution in [2.45, 2.75) is 32.7 Å². The number of aromatic nitrogens is 1. The normalized spacial score (nSPS) is 15.9. The van der Waals surface area contributed by atoms with E-state index in [1.165, 1.54) is 0 Å². The maximum Gasteiger partial charge on any atom is 0.227 e. The lowest BCUT2D eigenvalue weighted by Crippen LogP contribution is -2.40. The molecule has 1 aliphatic heterocycles. The van der Waals surface area contributed by atoms with Crippen molar-refractivity contribution in [3.8, 4) is 0 Å². The van der Waals surface area contributed by atoms with Gasteiger partial charge in [-0.2, -0.15) is 0 Å². The molecule has 1 aromatic heterocycles. The van der Waals surface area contributed by atoms with E-state index in [-0.39, 0.29) is 11.9 Å². The van der Waals surface area contributed by atoms with E-state index in [2.05, 4.69) is 4.98 Å². The number of anilines is 1. The third kappa shape index (κ3) is 1.39. The summed E-state index contributed by atoms with van der Waals surface area (Å²) in [5.74, 6) is 0.209. The predicted octanol–water partition coefficient (Wildman–Crippen LogP) is 1.77. The third-order valence-electron chi connectivity index (χ3n) is 2.49. The van der Waals surface area contributed by atoms with Crippen molar-refractivity contribution in [2.75, 3.05) is 4.90 Å². The molecule has 0 bridgehead atoms. The first-order chi connectivity index (χ1) is 6.70. The van der Waals surface area contributed by atoms with Crippen LogP contribution in [-0.2, 0) is 11.2 Å². The fourth-order valence-electron chi connectivity index (χ4n) is 1.89. The Labute approximate surface area is 83.8 Å². The van der Waals surface area contributed by atoms with Gasteiger partial charge in [-0.25, -0.2) is 0 Å². The summed E-state index contributed by atoms with van der Waals surface area (Å²) in [6.45, 7) is 4.06. The lowest BCUT2D eigenvalue weighted by Gasteiger charge is -2.31. The smallest absolute Gasteiger partial charge is 0.227 e. The minimum Gasteiger partial charge on any atom is -0.308 e. The van der Waals surface area contributed by atoms with Crippen molar-refractivity contribution in [3.63, 3.8) is 0 Å². The van der Waals surface area contributed by atoms with Gasteiger partial charge in [0.2, 0.25) is 5.91 Å². The molecule has 3 heteroatoms. The number of hydrogen-bond acceptors (Lipinski definition) is 2. The average Bonchev–Trinajstić information content (AvgIpc) is 2.17. The van der Waals surface area contributed by atoms with E-state index >= 15 is 0 Å². The van der Waals surface area contributed by atoms with E-state index in [0.717, 1.165) is 17.8 Å². The number of aryl methyl sites for hydroxylation is 1. The van der Waals surface area contributed by atoms with Gasteiger partial charge in [-0.05, 0) is 26.0 Å². The van der Waals surface area contributed by atoms with Crippen molar-refractivity contribution in [3.05, 3.63) is 24.0 Å². The monoisotopic (exact) mass is 190 g/mol. The molecular formula is C11H14N2O. The zero-order chi connectivity index (χ0) is 10.1. The summed E-state index contributed by atoms with van der Waals surface area (Å²) >= 11 is 0. The number of rotatable bonds is 1. The SMILES string of the molecule is CC(C)N1C(=O)CCc2ncccc21. The summed E-state index contributed by atoms with van der Waals surface area (Å²) in [4.78, 5) is 17.8. The van der Waals surface area contributed by atoms with Crippen LogP contribution < -0.4 is 4.90 Å². The molecule has 74 valence electrons. The Morgan fingerprint density at radius 1 is 1.43 bits per heavy atom. The molecule has 0 saturated carbocycles. The standard InChI is InChI=1S/C11H14N2O/c1-8(2)13-10-4-3-7-12-9(10)5-6-11(13)14/h3-4,7-8H,5-6H2,1-2H3. The first-order valence-electron chi connectivity index (χ1n) is 4.96. The summed E-state index contributed by atoms with van der Waals surface area (Å²) in [7, 11) is 0. The van der Waals surface area contributed by atoms with E-state index in [1.54, 1.807) is 6.20 Å². The number of pyridine rings is 1. The Hall–Kier alpha value is -1.38. The van der Waals surface area contributed by atoms with Crippen molar-refractivity contribution in [2.24, 2.45) is 0 Å². The molecule has 2 heterocycles. The van der Waals surface area contributed by atoms with Gasteiger partial charge in [0.15, 0.2) is 0 Å². The zero-order valence-corrected chi connectivity index (χ0v) is 8.53.